The molecule has 2 aliphatic heterocycles. The number of nitrogens with one attached hydrogen (secondary N) is 1. The van der Waals surface area contributed by atoms with E-state index in [-0.39, 0.29) is 6.10 Å². The van der Waals surface area contributed by atoms with Crippen LogP contribution in [0.1, 0.15) is 57.1 Å². The van der Waals surface area contributed by atoms with Crippen LogP contribution < -0.4 is 5.32 Å². The van der Waals surface area contributed by atoms with Crippen LogP contribution in [0.15, 0.2) is 4.99 Å². The van der Waals surface area contributed by atoms with Gasteiger partial charge in [0, 0.05) is 45.6 Å². The highest BCUT2D eigenvalue weighted by atomic mass is 16.3. The summed E-state index contributed by atoms with van der Waals surface area (Å²) >= 11 is 0. The van der Waals surface area contributed by atoms with Crippen LogP contribution in [-0.2, 0) is 19.4 Å². The molecule has 7 nitrogen and oxygen atoms in total. The van der Waals surface area contributed by atoms with Crippen LogP contribution in [0.3, 0.4) is 0 Å². The summed E-state index contributed by atoms with van der Waals surface area (Å²) in [4.78, 5) is 7.05. The molecule has 2 aliphatic rings. The molecule has 3 heterocycles. The Morgan fingerprint density at radius 2 is 2.04 bits per heavy atom. The van der Waals surface area contributed by atoms with Gasteiger partial charge < -0.3 is 19.9 Å². The molecule has 0 atom stereocenters. The fourth-order valence-corrected chi connectivity index (χ4v) is 3.66. The van der Waals surface area contributed by atoms with E-state index in [0.29, 0.717) is 0 Å². The Balaban J connectivity index is 1.51. The van der Waals surface area contributed by atoms with Crippen molar-refractivity contribution >= 4 is 5.96 Å². The summed E-state index contributed by atoms with van der Waals surface area (Å²) in [6, 6.07) is 0. The molecule has 1 aromatic rings. The average Bonchev–Trinajstić information content (AvgIpc) is 2.85. The van der Waals surface area contributed by atoms with Crippen LogP contribution in [-0.4, -0.2) is 63.0 Å². The van der Waals surface area contributed by atoms with Crippen molar-refractivity contribution in [2.45, 2.75) is 70.9 Å². The maximum atomic E-state index is 9.67. The lowest BCUT2D eigenvalue weighted by molar-refractivity contribution is 0.108. The van der Waals surface area contributed by atoms with Crippen molar-refractivity contribution in [3.63, 3.8) is 0 Å². The number of likely N-dealkylation sites (tertiary alicyclic amines) is 1. The quantitative estimate of drug-likeness (QED) is 0.477. The molecule has 0 radical (unpaired) electrons. The van der Waals surface area contributed by atoms with Crippen LogP contribution >= 0.6 is 0 Å². The number of piperidine rings is 1. The van der Waals surface area contributed by atoms with Crippen molar-refractivity contribution in [3.05, 3.63) is 11.6 Å². The number of fused-ring (bicyclic) bond motifs is 1. The number of hydrogen-bond donors (Lipinski definition) is 2. The van der Waals surface area contributed by atoms with Gasteiger partial charge in [-0.05, 0) is 39.0 Å². The average molecular weight is 348 g/mol. The molecule has 0 amide bonds. The molecular formula is C18H32N6O. The second-order valence-corrected chi connectivity index (χ2v) is 7.05. The highest BCUT2D eigenvalue weighted by Gasteiger charge is 2.19. The first-order valence-electron chi connectivity index (χ1n) is 9.90. The van der Waals surface area contributed by atoms with E-state index in [2.05, 4.69) is 31.9 Å². The molecule has 2 N–H and O–H groups in total. The fraction of sp³-hybridized carbons (Fsp3) is 0.833. The third-order valence-corrected chi connectivity index (χ3v) is 5.11. The van der Waals surface area contributed by atoms with Crippen molar-refractivity contribution in [3.8, 4) is 0 Å². The summed E-state index contributed by atoms with van der Waals surface area (Å²) in [5.74, 6) is 3.27. The van der Waals surface area contributed by atoms with Gasteiger partial charge in [-0.2, -0.15) is 0 Å². The van der Waals surface area contributed by atoms with Crippen LogP contribution in [0.2, 0.25) is 0 Å². The zero-order chi connectivity index (χ0) is 17.5. The second-order valence-electron chi connectivity index (χ2n) is 7.05. The number of nitrogens with zero attached hydrogens (tertiary/aromatic N) is 5. The Hall–Kier alpha value is -1.63. The van der Waals surface area contributed by atoms with Gasteiger partial charge in [-0.3, -0.25) is 4.99 Å². The number of aliphatic hydroxyl groups is 1. The lowest BCUT2D eigenvalue weighted by atomic mass is 10.1. The standard InChI is InChI=1S/C18H32N6O/c1-2-19-18(23-13-9-15(25)10-14-23)20-11-6-8-17-22-21-16-7-4-3-5-12-24(16)17/h15,25H,2-14H2,1H3,(H,19,20). The van der Waals surface area contributed by atoms with Crippen molar-refractivity contribution in [1.29, 1.82) is 0 Å². The van der Waals surface area contributed by atoms with Crippen molar-refractivity contribution in [1.82, 2.24) is 25.0 Å². The Morgan fingerprint density at radius 3 is 2.84 bits per heavy atom. The number of rotatable bonds is 5. The third kappa shape index (κ3) is 4.93. The van der Waals surface area contributed by atoms with Gasteiger partial charge in [0.15, 0.2) is 5.96 Å². The Bertz CT molecular complexity index is 562. The highest BCUT2D eigenvalue weighted by molar-refractivity contribution is 5.80. The van der Waals surface area contributed by atoms with E-state index in [1.165, 1.54) is 19.3 Å². The molecule has 0 bridgehead atoms. The predicted octanol–water partition coefficient (Wildman–Crippen LogP) is 1.36. The first-order chi connectivity index (χ1) is 12.3. The second kappa shape index (κ2) is 9.17. The zero-order valence-electron chi connectivity index (χ0n) is 15.5. The van der Waals surface area contributed by atoms with Crippen molar-refractivity contribution in [2.75, 3.05) is 26.2 Å². The summed E-state index contributed by atoms with van der Waals surface area (Å²) < 4.78 is 2.33. The fourth-order valence-electron chi connectivity index (χ4n) is 3.66. The van der Waals surface area contributed by atoms with E-state index in [1.54, 1.807) is 0 Å². The molecule has 7 heteroatoms. The summed E-state index contributed by atoms with van der Waals surface area (Å²) in [6.07, 6.45) is 8.27. The molecule has 1 fully saturated rings. The monoisotopic (exact) mass is 348 g/mol. The predicted molar refractivity (Wildman–Crippen MR) is 98.7 cm³/mol. The van der Waals surface area contributed by atoms with Crippen molar-refractivity contribution in [2.24, 2.45) is 4.99 Å². The Morgan fingerprint density at radius 1 is 1.20 bits per heavy atom. The SMILES string of the molecule is CCNC(=NCCCc1nnc2n1CCCCC2)N1CCC(O)CC1. The number of aliphatic hydroxyl groups excluding tert-OH is 1. The van der Waals surface area contributed by atoms with E-state index in [0.717, 1.165) is 82.4 Å². The topological polar surface area (TPSA) is 78.6 Å². The molecule has 25 heavy (non-hydrogen) atoms. The molecule has 1 saturated heterocycles. The van der Waals surface area contributed by atoms with Gasteiger partial charge in [0.2, 0.25) is 0 Å². The maximum absolute atomic E-state index is 9.67. The molecule has 3 rings (SSSR count). The van der Waals surface area contributed by atoms with E-state index in [1.807, 2.05) is 0 Å². The van der Waals surface area contributed by atoms with E-state index in [9.17, 15) is 5.11 Å². The van der Waals surface area contributed by atoms with Gasteiger partial charge in [-0.1, -0.05) is 6.42 Å². The van der Waals surface area contributed by atoms with Gasteiger partial charge in [0.1, 0.15) is 11.6 Å². The van der Waals surface area contributed by atoms with Crippen molar-refractivity contribution < 1.29 is 5.11 Å². The van der Waals surface area contributed by atoms with Gasteiger partial charge >= 0.3 is 0 Å². The van der Waals surface area contributed by atoms with Crippen LogP contribution in [0.25, 0.3) is 0 Å². The minimum atomic E-state index is -0.151. The third-order valence-electron chi connectivity index (χ3n) is 5.11. The first kappa shape index (κ1) is 18.2. The smallest absolute Gasteiger partial charge is 0.193 e. The number of aliphatic imine (C=N–C) groups is 1. The summed E-state index contributed by atoms with van der Waals surface area (Å²) in [5, 5.41) is 21.8. The van der Waals surface area contributed by atoms with Gasteiger partial charge in [-0.25, -0.2) is 0 Å². The van der Waals surface area contributed by atoms with Gasteiger partial charge in [0.25, 0.3) is 0 Å². The molecular weight excluding hydrogens is 316 g/mol. The summed E-state index contributed by atoms with van der Waals surface area (Å²) in [6.45, 7) is 6.59. The highest BCUT2D eigenvalue weighted by Crippen LogP contribution is 2.15. The lowest BCUT2D eigenvalue weighted by Crippen LogP contribution is -2.46. The molecule has 0 aliphatic carbocycles. The molecule has 0 saturated carbocycles. The number of aromatic nitrogens is 3. The number of hydrogen-bond acceptors (Lipinski definition) is 4. The van der Waals surface area contributed by atoms with E-state index >= 15 is 0 Å². The molecule has 0 spiro atoms. The molecule has 0 aromatic carbocycles. The van der Waals surface area contributed by atoms with Gasteiger partial charge in [-0.15, -0.1) is 10.2 Å². The largest absolute Gasteiger partial charge is 0.393 e. The van der Waals surface area contributed by atoms with E-state index in [4.69, 9.17) is 4.99 Å². The Kier molecular flexibility index (Phi) is 6.67. The van der Waals surface area contributed by atoms with Gasteiger partial charge in [0.05, 0.1) is 6.10 Å². The van der Waals surface area contributed by atoms with Crippen LogP contribution in [0, 0.1) is 0 Å². The van der Waals surface area contributed by atoms with E-state index < -0.39 is 0 Å². The maximum Gasteiger partial charge on any atom is 0.193 e. The van der Waals surface area contributed by atoms with Crippen LogP contribution in [0.4, 0.5) is 0 Å². The minimum Gasteiger partial charge on any atom is -0.393 e. The normalized spacial score (nSPS) is 19.6. The molecule has 1 aromatic heterocycles. The lowest BCUT2D eigenvalue weighted by Gasteiger charge is -2.32. The molecule has 140 valence electrons. The summed E-state index contributed by atoms with van der Waals surface area (Å²) in [5.41, 5.74) is 0. The summed E-state index contributed by atoms with van der Waals surface area (Å²) in [7, 11) is 0. The minimum absolute atomic E-state index is 0.151. The number of aryl methyl sites for hydroxylation is 2. The zero-order valence-corrected chi connectivity index (χ0v) is 15.5. The number of guanidine groups is 1. The van der Waals surface area contributed by atoms with Crippen LogP contribution in [0.5, 0.6) is 0 Å². The Labute approximate surface area is 150 Å². The molecule has 0 unspecified atom stereocenters. The first-order valence-corrected chi connectivity index (χ1v) is 9.90.